The number of carbonyl (C=O) groups excluding carboxylic acids is 1. The average molecular weight is 515 g/mol. The van der Waals surface area contributed by atoms with Gasteiger partial charge in [-0.15, -0.1) is 0 Å². The topological polar surface area (TPSA) is 101 Å². The van der Waals surface area contributed by atoms with Gasteiger partial charge in [-0.2, -0.15) is 8.42 Å². The van der Waals surface area contributed by atoms with Crippen molar-refractivity contribution in [3.8, 4) is 11.3 Å². The Morgan fingerprint density at radius 1 is 1.03 bits per heavy atom. The number of nitrogens with zero attached hydrogens (tertiary/aromatic N) is 3. The zero-order valence-corrected chi connectivity index (χ0v) is 21.4. The Kier molecular flexibility index (Phi) is 7.28. The summed E-state index contributed by atoms with van der Waals surface area (Å²) < 4.78 is 33.7. The van der Waals surface area contributed by atoms with Crippen LogP contribution >= 0.6 is 11.6 Å². The number of aromatic nitrogens is 2. The summed E-state index contributed by atoms with van der Waals surface area (Å²) in [5.41, 5.74) is 3.36. The third-order valence-corrected chi connectivity index (χ3v) is 7.70. The lowest BCUT2D eigenvalue weighted by atomic mass is 9.97. The summed E-state index contributed by atoms with van der Waals surface area (Å²) >= 11 is 6.42. The Bertz CT molecular complexity index is 1340. The molecule has 4 rings (SSSR count). The number of rotatable bonds is 6. The first-order valence-corrected chi connectivity index (χ1v) is 13.1. The van der Waals surface area contributed by atoms with E-state index in [4.69, 9.17) is 16.3 Å². The summed E-state index contributed by atoms with van der Waals surface area (Å²) in [7, 11) is -2.62. The molecule has 1 saturated heterocycles. The molecule has 0 bridgehead atoms. The van der Waals surface area contributed by atoms with Crippen LogP contribution in [0.3, 0.4) is 0 Å². The summed E-state index contributed by atoms with van der Waals surface area (Å²) in [5, 5.41) is 0.316. The van der Waals surface area contributed by atoms with Crippen LogP contribution in [0.4, 0.5) is 11.6 Å². The van der Waals surface area contributed by atoms with Gasteiger partial charge < -0.3 is 9.64 Å². The normalized spacial score (nSPS) is 14.6. The fourth-order valence-electron chi connectivity index (χ4n) is 4.29. The van der Waals surface area contributed by atoms with Gasteiger partial charge in [-0.05, 0) is 62.1 Å². The number of ether oxygens (including phenoxy) is 1. The number of methoxy groups -OCH3 is 1. The summed E-state index contributed by atoms with van der Waals surface area (Å²) in [4.78, 5) is 22.7. The van der Waals surface area contributed by atoms with Gasteiger partial charge in [-0.25, -0.2) is 9.97 Å². The Balaban J connectivity index is 1.56. The average Bonchev–Trinajstić information content (AvgIpc) is 2.85. The third kappa shape index (κ3) is 5.41. The van der Waals surface area contributed by atoms with Gasteiger partial charge in [0.1, 0.15) is 11.6 Å². The van der Waals surface area contributed by atoms with Crippen molar-refractivity contribution in [1.29, 1.82) is 0 Å². The van der Waals surface area contributed by atoms with Crippen LogP contribution in [0.2, 0.25) is 5.02 Å². The molecular formula is C25H27ClN4O4S. The molecular weight excluding hydrogens is 488 g/mol. The Labute approximate surface area is 210 Å². The van der Waals surface area contributed by atoms with E-state index in [1.807, 2.05) is 36.9 Å². The fourth-order valence-corrected chi connectivity index (χ4v) is 5.46. The predicted molar refractivity (Wildman–Crippen MR) is 136 cm³/mol. The lowest BCUT2D eigenvalue weighted by Crippen LogP contribution is -2.37. The van der Waals surface area contributed by atoms with E-state index in [1.54, 1.807) is 18.2 Å². The molecule has 8 nitrogen and oxygen atoms in total. The smallest absolute Gasteiger partial charge is 0.308 e. The molecule has 0 amide bonds. The van der Waals surface area contributed by atoms with E-state index >= 15 is 0 Å². The van der Waals surface area contributed by atoms with Gasteiger partial charge in [-0.3, -0.25) is 9.52 Å². The lowest BCUT2D eigenvalue weighted by molar-refractivity contribution is -0.146. The van der Waals surface area contributed by atoms with Crippen molar-refractivity contribution < 1.29 is 17.9 Å². The number of anilines is 2. The second-order valence-electron chi connectivity index (χ2n) is 8.52. The molecule has 0 aliphatic carbocycles. The van der Waals surface area contributed by atoms with Crippen LogP contribution in [0, 0.1) is 19.8 Å². The van der Waals surface area contributed by atoms with Crippen LogP contribution in [-0.4, -0.2) is 44.6 Å². The molecule has 1 N–H and O–H groups in total. The van der Waals surface area contributed by atoms with Crippen LogP contribution in [0.15, 0.2) is 53.6 Å². The number of carbonyl (C=O) groups is 1. The first kappa shape index (κ1) is 24.9. The van der Waals surface area contributed by atoms with Gasteiger partial charge in [-0.1, -0.05) is 35.9 Å². The molecule has 0 saturated carbocycles. The monoisotopic (exact) mass is 514 g/mol. The Hall–Kier alpha value is -3.17. The van der Waals surface area contributed by atoms with Gasteiger partial charge in [0.2, 0.25) is 0 Å². The Morgan fingerprint density at radius 2 is 1.69 bits per heavy atom. The van der Waals surface area contributed by atoms with E-state index < -0.39 is 10.0 Å². The molecule has 0 spiro atoms. The molecule has 1 aromatic carbocycles. The highest BCUT2D eigenvalue weighted by molar-refractivity contribution is 7.92. The molecule has 3 aromatic rings. The van der Waals surface area contributed by atoms with Crippen molar-refractivity contribution in [1.82, 2.24) is 9.97 Å². The first-order valence-electron chi connectivity index (χ1n) is 11.3. The number of aryl methyl sites for hydroxylation is 2. The highest BCUT2D eigenvalue weighted by Gasteiger charge is 2.27. The first-order chi connectivity index (χ1) is 16.7. The maximum Gasteiger partial charge on any atom is 0.308 e. The number of nitrogens with one attached hydrogen (secondary N) is 1. The highest BCUT2D eigenvalue weighted by Crippen LogP contribution is 2.33. The zero-order chi connectivity index (χ0) is 25.2. The second-order valence-corrected chi connectivity index (χ2v) is 10.6. The van der Waals surface area contributed by atoms with Crippen molar-refractivity contribution in [3.05, 3.63) is 64.7 Å². The summed E-state index contributed by atoms with van der Waals surface area (Å²) in [6, 6.07) is 13.9. The number of sulfonamides is 1. The van der Waals surface area contributed by atoms with E-state index in [0.717, 1.165) is 16.7 Å². The molecule has 0 atom stereocenters. The standard InChI is InChI=1S/C25H27ClN4O4S/c1-16-6-4-7-17(2)23(16)24-19(26)10-11-20(27-24)29-35(32,33)22-9-5-8-21(28-22)30-14-12-18(13-15-30)25(31)34-3/h4-11,18H,12-15H2,1-3H3,(H,27,29). The molecule has 35 heavy (non-hydrogen) atoms. The van der Waals surface area contributed by atoms with E-state index in [2.05, 4.69) is 14.7 Å². The fraction of sp³-hybridized carbons (Fsp3) is 0.320. The number of benzene rings is 1. The minimum Gasteiger partial charge on any atom is -0.469 e. The van der Waals surface area contributed by atoms with Crippen molar-refractivity contribution in [3.63, 3.8) is 0 Å². The van der Waals surface area contributed by atoms with Crippen LogP contribution in [0.5, 0.6) is 0 Å². The SMILES string of the molecule is COC(=O)C1CCN(c2cccc(S(=O)(=O)Nc3ccc(Cl)c(-c4c(C)cccc4C)n3)n2)CC1. The molecule has 0 unspecified atom stereocenters. The largest absolute Gasteiger partial charge is 0.469 e. The van der Waals surface area contributed by atoms with Crippen molar-refractivity contribution in [2.24, 2.45) is 5.92 Å². The third-order valence-electron chi connectivity index (χ3n) is 6.14. The maximum absolute atomic E-state index is 13.2. The van der Waals surface area contributed by atoms with Crippen LogP contribution < -0.4 is 9.62 Å². The number of hydrogen-bond acceptors (Lipinski definition) is 7. The van der Waals surface area contributed by atoms with E-state index in [9.17, 15) is 13.2 Å². The van der Waals surface area contributed by atoms with E-state index in [0.29, 0.717) is 42.5 Å². The molecule has 184 valence electrons. The second kappa shape index (κ2) is 10.2. The van der Waals surface area contributed by atoms with Crippen LogP contribution in [0.25, 0.3) is 11.3 Å². The number of halogens is 1. The zero-order valence-electron chi connectivity index (χ0n) is 19.8. The Morgan fingerprint density at radius 3 is 2.34 bits per heavy atom. The van der Waals surface area contributed by atoms with Crippen LogP contribution in [-0.2, 0) is 19.6 Å². The number of piperidine rings is 1. The van der Waals surface area contributed by atoms with E-state index in [1.165, 1.54) is 19.2 Å². The minimum absolute atomic E-state index is 0.115. The molecule has 1 aliphatic rings. The lowest BCUT2D eigenvalue weighted by Gasteiger charge is -2.31. The molecule has 10 heteroatoms. The van der Waals surface area contributed by atoms with Gasteiger partial charge in [0, 0.05) is 18.7 Å². The molecule has 1 aliphatic heterocycles. The number of pyridine rings is 2. The number of hydrogen-bond donors (Lipinski definition) is 1. The summed E-state index contributed by atoms with van der Waals surface area (Å²) in [5.74, 6) is 0.329. The van der Waals surface area contributed by atoms with Crippen molar-refractivity contribution in [2.45, 2.75) is 31.7 Å². The van der Waals surface area contributed by atoms with Crippen LogP contribution in [0.1, 0.15) is 24.0 Å². The predicted octanol–water partition coefficient (Wildman–Crippen LogP) is 4.60. The quantitative estimate of drug-likeness (QED) is 0.479. The minimum atomic E-state index is -4.00. The van der Waals surface area contributed by atoms with E-state index in [-0.39, 0.29) is 22.7 Å². The molecule has 0 radical (unpaired) electrons. The van der Waals surface area contributed by atoms with Gasteiger partial charge in [0.25, 0.3) is 10.0 Å². The maximum atomic E-state index is 13.2. The molecule has 1 fully saturated rings. The van der Waals surface area contributed by atoms with Gasteiger partial charge in [0.05, 0.1) is 23.7 Å². The van der Waals surface area contributed by atoms with Crippen molar-refractivity contribution >= 4 is 39.2 Å². The molecule has 3 heterocycles. The van der Waals surface area contributed by atoms with Gasteiger partial charge in [0.15, 0.2) is 5.03 Å². The highest BCUT2D eigenvalue weighted by atomic mass is 35.5. The summed E-state index contributed by atoms with van der Waals surface area (Å²) in [6.07, 6.45) is 1.25. The number of esters is 1. The van der Waals surface area contributed by atoms with Crippen molar-refractivity contribution in [2.75, 3.05) is 29.8 Å². The summed E-state index contributed by atoms with van der Waals surface area (Å²) in [6.45, 7) is 5.09. The van der Waals surface area contributed by atoms with Gasteiger partial charge >= 0.3 is 5.97 Å². The molecule has 2 aromatic heterocycles.